The van der Waals surface area contributed by atoms with Crippen LogP contribution in [-0.2, 0) is 23.9 Å². The van der Waals surface area contributed by atoms with Crippen molar-refractivity contribution >= 4 is 29.6 Å². The highest BCUT2D eigenvalue weighted by Crippen LogP contribution is 2.31. The lowest BCUT2D eigenvalue weighted by Crippen LogP contribution is -2.50. The van der Waals surface area contributed by atoms with E-state index in [-0.39, 0.29) is 50.0 Å². The molecule has 30 heavy (non-hydrogen) atoms. The molecule has 0 aromatic heterocycles. The van der Waals surface area contributed by atoms with Gasteiger partial charge in [0, 0.05) is 6.54 Å². The molecule has 3 rings (SSSR count). The van der Waals surface area contributed by atoms with Gasteiger partial charge in [-0.2, -0.15) is 0 Å². The maximum Gasteiger partial charge on any atom is 0.338 e. The Balaban J connectivity index is 1.62. The molecule has 3 amide bonds. The Hall–Kier alpha value is -3.56. The van der Waals surface area contributed by atoms with E-state index >= 15 is 0 Å². The molecule has 0 aliphatic carbocycles. The highest BCUT2D eigenvalue weighted by molar-refractivity contribution is 5.98. The number of rotatable bonds is 7. The smallest absolute Gasteiger partial charge is 0.338 e. The molecule has 160 valence electrons. The zero-order valence-corrected chi connectivity index (χ0v) is 16.7. The molecule has 0 radical (unpaired) electrons. The summed E-state index contributed by atoms with van der Waals surface area (Å²) in [6.07, 6.45) is -0.0656. The minimum absolute atomic E-state index is 0.0656. The predicted molar refractivity (Wildman–Crippen MR) is 105 cm³/mol. The Morgan fingerprint density at radius 1 is 1.23 bits per heavy atom. The number of fused-ring (bicyclic) bond motifs is 1. The molecule has 2 heterocycles. The largest absolute Gasteiger partial charge is 0.482 e. The molecule has 0 fully saturated rings. The number of urea groups is 1. The molecular formula is C20H23N3O7. The van der Waals surface area contributed by atoms with Gasteiger partial charge in [-0.1, -0.05) is 12.1 Å². The van der Waals surface area contributed by atoms with E-state index in [1.165, 1.54) is 4.90 Å². The summed E-state index contributed by atoms with van der Waals surface area (Å²) < 4.78 is 15.6. The first-order chi connectivity index (χ1) is 14.4. The van der Waals surface area contributed by atoms with Crippen molar-refractivity contribution in [2.24, 2.45) is 0 Å². The van der Waals surface area contributed by atoms with E-state index < -0.39 is 24.0 Å². The summed E-state index contributed by atoms with van der Waals surface area (Å²) in [5.74, 6) is -0.864. The SMILES string of the molecule is CCOC(=O)C1=C(COC(=O)CCN2C(=O)COc3ccccc32)NC(=O)NC1C. The van der Waals surface area contributed by atoms with Gasteiger partial charge in [0.2, 0.25) is 0 Å². The lowest BCUT2D eigenvalue weighted by molar-refractivity contribution is -0.143. The summed E-state index contributed by atoms with van der Waals surface area (Å²) in [6, 6.07) is 5.96. The number of carbonyl (C=O) groups excluding carboxylic acids is 4. The lowest BCUT2D eigenvalue weighted by atomic mass is 10.0. The fourth-order valence-corrected chi connectivity index (χ4v) is 3.22. The van der Waals surface area contributed by atoms with Gasteiger partial charge in [0.25, 0.3) is 5.91 Å². The number of para-hydroxylation sites is 2. The summed E-state index contributed by atoms with van der Waals surface area (Å²) in [6.45, 7) is 3.20. The van der Waals surface area contributed by atoms with Crippen molar-refractivity contribution in [2.45, 2.75) is 26.3 Å². The van der Waals surface area contributed by atoms with E-state index in [1.54, 1.807) is 38.1 Å². The number of anilines is 1. The van der Waals surface area contributed by atoms with Crippen LogP contribution in [0.15, 0.2) is 35.5 Å². The molecule has 0 spiro atoms. The van der Waals surface area contributed by atoms with Crippen LogP contribution in [0.1, 0.15) is 20.3 Å². The number of esters is 2. The number of hydrogen-bond acceptors (Lipinski definition) is 7. The van der Waals surface area contributed by atoms with Gasteiger partial charge in [0.1, 0.15) is 12.4 Å². The first-order valence-corrected chi connectivity index (χ1v) is 9.56. The number of amides is 3. The second-order valence-corrected chi connectivity index (χ2v) is 6.65. The summed E-state index contributed by atoms with van der Waals surface area (Å²) in [4.78, 5) is 49.8. The Kier molecular flexibility index (Phi) is 6.55. The van der Waals surface area contributed by atoms with Gasteiger partial charge in [0.15, 0.2) is 6.61 Å². The minimum Gasteiger partial charge on any atom is -0.482 e. The van der Waals surface area contributed by atoms with Gasteiger partial charge >= 0.3 is 18.0 Å². The maximum atomic E-state index is 12.3. The summed E-state index contributed by atoms with van der Waals surface area (Å²) in [7, 11) is 0. The average Bonchev–Trinajstić information content (AvgIpc) is 2.71. The van der Waals surface area contributed by atoms with E-state index in [2.05, 4.69) is 10.6 Å². The second-order valence-electron chi connectivity index (χ2n) is 6.65. The van der Waals surface area contributed by atoms with Crippen molar-refractivity contribution in [3.05, 3.63) is 35.5 Å². The number of carbonyl (C=O) groups is 4. The predicted octanol–water partition coefficient (Wildman–Crippen LogP) is 0.864. The summed E-state index contributed by atoms with van der Waals surface area (Å²) in [5, 5.41) is 5.05. The van der Waals surface area contributed by atoms with Crippen LogP contribution >= 0.6 is 0 Å². The molecule has 0 saturated carbocycles. The number of nitrogens with one attached hydrogen (secondary N) is 2. The highest BCUT2D eigenvalue weighted by atomic mass is 16.5. The number of hydrogen-bond donors (Lipinski definition) is 2. The molecule has 1 atom stereocenters. The molecule has 2 aliphatic heterocycles. The summed E-state index contributed by atoms with van der Waals surface area (Å²) >= 11 is 0. The quantitative estimate of drug-likeness (QED) is 0.631. The standard InChI is InChI=1S/C20H23N3O7/c1-3-28-19(26)18-12(2)21-20(27)22-13(18)10-30-17(25)8-9-23-14-6-4-5-7-15(14)29-11-16(23)24/h4-7,12H,3,8-11H2,1-2H3,(H2,21,22,27). The van der Waals surface area contributed by atoms with E-state index in [1.807, 2.05) is 0 Å². The lowest BCUT2D eigenvalue weighted by Gasteiger charge is -2.29. The number of benzene rings is 1. The van der Waals surface area contributed by atoms with Gasteiger partial charge < -0.3 is 29.7 Å². The van der Waals surface area contributed by atoms with Crippen LogP contribution in [0.4, 0.5) is 10.5 Å². The third-order valence-electron chi connectivity index (χ3n) is 4.59. The third kappa shape index (κ3) is 4.70. The maximum absolute atomic E-state index is 12.3. The van der Waals surface area contributed by atoms with Crippen LogP contribution in [0.25, 0.3) is 0 Å². The average molecular weight is 417 g/mol. The normalized spacial score (nSPS) is 18.1. The Bertz CT molecular complexity index is 896. The Morgan fingerprint density at radius 2 is 2.00 bits per heavy atom. The number of ether oxygens (including phenoxy) is 3. The Labute approximate surface area is 173 Å². The van der Waals surface area contributed by atoms with Crippen LogP contribution < -0.4 is 20.3 Å². The van der Waals surface area contributed by atoms with Gasteiger partial charge in [-0.05, 0) is 26.0 Å². The van der Waals surface area contributed by atoms with Crippen LogP contribution in [0.3, 0.4) is 0 Å². The Morgan fingerprint density at radius 3 is 2.77 bits per heavy atom. The van der Waals surface area contributed by atoms with Crippen LogP contribution in [-0.4, -0.2) is 56.3 Å². The fraction of sp³-hybridized carbons (Fsp3) is 0.400. The van der Waals surface area contributed by atoms with Gasteiger partial charge in [-0.3, -0.25) is 9.59 Å². The van der Waals surface area contributed by atoms with E-state index in [0.717, 1.165) is 0 Å². The van der Waals surface area contributed by atoms with Crippen molar-refractivity contribution in [3.8, 4) is 5.75 Å². The minimum atomic E-state index is -0.598. The van der Waals surface area contributed by atoms with Crippen LogP contribution in [0.2, 0.25) is 0 Å². The topological polar surface area (TPSA) is 123 Å². The van der Waals surface area contributed by atoms with Crippen LogP contribution in [0.5, 0.6) is 5.75 Å². The monoisotopic (exact) mass is 417 g/mol. The zero-order chi connectivity index (χ0) is 21.7. The van der Waals surface area contributed by atoms with E-state index in [0.29, 0.717) is 11.4 Å². The highest BCUT2D eigenvalue weighted by Gasteiger charge is 2.30. The molecule has 0 bridgehead atoms. The van der Waals surface area contributed by atoms with Gasteiger partial charge in [-0.25, -0.2) is 9.59 Å². The van der Waals surface area contributed by atoms with Gasteiger partial charge in [0.05, 0.1) is 36.0 Å². The van der Waals surface area contributed by atoms with Crippen molar-refractivity contribution in [1.29, 1.82) is 0 Å². The molecule has 10 heteroatoms. The molecule has 1 aromatic rings. The molecule has 1 aromatic carbocycles. The first kappa shape index (κ1) is 21.2. The molecule has 10 nitrogen and oxygen atoms in total. The molecule has 2 N–H and O–H groups in total. The fourth-order valence-electron chi connectivity index (χ4n) is 3.22. The molecular weight excluding hydrogens is 394 g/mol. The zero-order valence-electron chi connectivity index (χ0n) is 16.7. The van der Waals surface area contributed by atoms with Crippen molar-refractivity contribution in [2.75, 3.05) is 31.3 Å². The van der Waals surface area contributed by atoms with E-state index in [9.17, 15) is 19.2 Å². The number of nitrogens with zero attached hydrogens (tertiary/aromatic N) is 1. The van der Waals surface area contributed by atoms with Crippen molar-refractivity contribution in [3.63, 3.8) is 0 Å². The summed E-state index contributed by atoms with van der Waals surface area (Å²) in [5.41, 5.74) is 0.959. The van der Waals surface area contributed by atoms with E-state index in [4.69, 9.17) is 14.2 Å². The molecule has 1 unspecified atom stereocenters. The second kappa shape index (κ2) is 9.29. The first-order valence-electron chi connectivity index (χ1n) is 9.56. The van der Waals surface area contributed by atoms with Crippen LogP contribution in [0, 0.1) is 0 Å². The third-order valence-corrected chi connectivity index (χ3v) is 4.59. The molecule has 2 aliphatic rings. The molecule has 0 saturated heterocycles. The van der Waals surface area contributed by atoms with Crippen molar-refractivity contribution < 1.29 is 33.4 Å². The van der Waals surface area contributed by atoms with Gasteiger partial charge in [-0.15, -0.1) is 0 Å². The van der Waals surface area contributed by atoms with Crippen molar-refractivity contribution in [1.82, 2.24) is 10.6 Å².